The lowest BCUT2D eigenvalue weighted by Crippen LogP contribution is -2.36. The van der Waals surface area contributed by atoms with Gasteiger partial charge in [-0.15, -0.1) is 0 Å². The second-order valence-electron chi connectivity index (χ2n) is 6.55. The van der Waals surface area contributed by atoms with Crippen molar-refractivity contribution in [2.24, 2.45) is 0 Å². The second-order valence-corrected chi connectivity index (χ2v) is 6.55. The van der Waals surface area contributed by atoms with Gasteiger partial charge in [0, 0.05) is 36.1 Å². The molecule has 0 saturated carbocycles. The Morgan fingerprint density at radius 2 is 2.08 bits per heavy atom. The Hall–Kier alpha value is -2.53. The fraction of sp³-hybridized carbons (Fsp3) is 0.381. The second kappa shape index (κ2) is 8.72. The third-order valence-corrected chi connectivity index (χ3v) is 4.63. The zero-order valence-corrected chi connectivity index (χ0v) is 15.7. The SMILES string of the molecule is CCC/C=C/Nc1cccc(-c2cc(N3CCOCC3)cc(N)n2)c1C. The fourth-order valence-electron chi connectivity index (χ4n) is 3.15. The van der Waals surface area contributed by atoms with E-state index in [0.717, 1.165) is 61.8 Å². The zero-order valence-electron chi connectivity index (χ0n) is 15.7. The van der Waals surface area contributed by atoms with Crippen molar-refractivity contribution in [3.05, 3.63) is 48.2 Å². The Morgan fingerprint density at radius 1 is 1.27 bits per heavy atom. The van der Waals surface area contributed by atoms with Gasteiger partial charge in [0.2, 0.25) is 0 Å². The molecule has 1 fully saturated rings. The van der Waals surface area contributed by atoms with Crippen LogP contribution in [0.3, 0.4) is 0 Å². The van der Waals surface area contributed by atoms with Crippen LogP contribution in [0.2, 0.25) is 0 Å². The number of nitrogen functional groups attached to an aromatic ring is 1. The number of pyridine rings is 1. The Labute approximate surface area is 155 Å². The third-order valence-electron chi connectivity index (χ3n) is 4.63. The van der Waals surface area contributed by atoms with Crippen molar-refractivity contribution in [3.8, 4) is 11.3 Å². The summed E-state index contributed by atoms with van der Waals surface area (Å²) < 4.78 is 5.45. The van der Waals surface area contributed by atoms with Gasteiger partial charge < -0.3 is 20.7 Å². The number of nitrogens with one attached hydrogen (secondary N) is 1. The highest BCUT2D eigenvalue weighted by Gasteiger charge is 2.15. The summed E-state index contributed by atoms with van der Waals surface area (Å²) in [4.78, 5) is 6.89. The van der Waals surface area contributed by atoms with Gasteiger partial charge in [-0.25, -0.2) is 4.98 Å². The largest absolute Gasteiger partial charge is 0.384 e. The monoisotopic (exact) mass is 352 g/mol. The van der Waals surface area contributed by atoms with E-state index in [1.54, 1.807) is 0 Å². The average Bonchev–Trinajstić information content (AvgIpc) is 2.66. The number of ether oxygens (including phenoxy) is 1. The molecule has 0 radical (unpaired) electrons. The number of benzene rings is 1. The minimum absolute atomic E-state index is 0.546. The van der Waals surface area contributed by atoms with Gasteiger partial charge in [-0.05, 0) is 37.2 Å². The van der Waals surface area contributed by atoms with Crippen LogP contribution in [0.25, 0.3) is 11.3 Å². The van der Waals surface area contributed by atoms with Crippen LogP contribution in [0.1, 0.15) is 25.3 Å². The molecule has 26 heavy (non-hydrogen) atoms. The normalized spacial score (nSPS) is 14.8. The summed E-state index contributed by atoms with van der Waals surface area (Å²) in [6.07, 6.45) is 6.39. The van der Waals surface area contributed by atoms with Crippen LogP contribution in [-0.4, -0.2) is 31.3 Å². The standard InChI is InChI=1S/C21H28N4O/c1-3-4-5-9-23-19-8-6-7-18(16(19)2)20-14-17(15-21(22)24-20)25-10-12-26-13-11-25/h5-9,14-15,23H,3-4,10-13H2,1-2H3,(H2,22,24)/b9-5+. The van der Waals surface area contributed by atoms with Gasteiger partial charge in [-0.2, -0.15) is 0 Å². The first-order chi connectivity index (χ1) is 12.7. The predicted octanol–water partition coefficient (Wildman–Crippen LogP) is 4.20. The van der Waals surface area contributed by atoms with Crippen molar-refractivity contribution in [2.45, 2.75) is 26.7 Å². The lowest BCUT2D eigenvalue weighted by Gasteiger charge is -2.29. The molecule has 5 heteroatoms. The van der Waals surface area contributed by atoms with E-state index in [2.05, 4.69) is 59.4 Å². The van der Waals surface area contributed by atoms with Crippen molar-refractivity contribution < 1.29 is 4.74 Å². The first-order valence-electron chi connectivity index (χ1n) is 9.31. The molecule has 5 nitrogen and oxygen atoms in total. The molecule has 0 spiro atoms. The maximum absolute atomic E-state index is 6.11. The van der Waals surface area contributed by atoms with E-state index in [4.69, 9.17) is 10.5 Å². The molecule has 2 heterocycles. The molecule has 3 rings (SSSR count). The fourth-order valence-corrected chi connectivity index (χ4v) is 3.15. The summed E-state index contributed by atoms with van der Waals surface area (Å²) in [6.45, 7) is 7.55. The number of allylic oxidation sites excluding steroid dienone is 1. The first-order valence-corrected chi connectivity index (χ1v) is 9.31. The van der Waals surface area contributed by atoms with Crippen molar-refractivity contribution >= 4 is 17.2 Å². The molecule has 2 aromatic rings. The molecule has 1 aliphatic heterocycles. The van der Waals surface area contributed by atoms with E-state index in [1.807, 2.05) is 12.3 Å². The molecule has 1 aliphatic rings. The number of nitrogens with two attached hydrogens (primary N) is 1. The summed E-state index contributed by atoms with van der Waals surface area (Å²) in [5.74, 6) is 0.546. The molecule has 3 N–H and O–H groups in total. The van der Waals surface area contributed by atoms with Gasteiger partial charge >= 0.3 is 0 Å². The Bertz CT molecular complexity index is 767. The number of nitrogens with zero attached hydrogens (tertiary/aromatic N) is 2. The van der Waals surface area contributed by atoms with Crippen LogP contribution in [0, 0.1) is 6.92 Å². The van der Waals surface area contributed by atoms with Gasteiger partial charge in [-0.1, -0.05) is 31.6 Å². The molecule has 1 aromatic carbocycles. The highest BCUT2D eigenvalue weighted by atomic mass is 16.5. The molecule has 1 saturated heterocycles. The Balaban J connectivity index is 1.89. The molecule has 0 aliphatic carbocycles. The lowest BCUT2D eigenvalue weighted by molar-refractivity contribution is 0.122. The summed E-state index contributed by atoms with van der Waals surface area (Å²) in [7, 11) is 0. The molecule has 0 atom stereocenters. The summed E-state index contributed by atoms with van der Waals surface area (Å²) in [6, 6.07) is 10.3. The van der Waals surface area contributed by atoms with Crippen LogP contribution < -0.4 is 16.0 Å². The molecular weight excluding hydrogens is 324 g/mol. The maximum Gasteiger partial charge on any atom is 0.126 e. The molecule has 0 bridgehead atoms. The lowest BCUT2D eigenvalue weighted by atomic mass is 10.0. The molecular formula is C21H28N4O. The van der Waals surface area contributed by atoms with Crippen LogP contribution >= 0.6 is 0 Å². The van der Waals surface area contributed by atoms with E-state index in [9.17, 15) is 0 Å². The average molecular weight is 352 g/mol. The number of anilines is 3. The van der Waals surface area contributed by atoms with Crippen LogP contribution in [0.5, 0.6) is 0 Å². The molecule has 138 valence electrons. The molecule has 0 unspecified atom stereocenters. The Morgan fingerprint density at radius 3 is 2.85 bits per heavy atom. The number of hydrogen-bond acceptors (Lipinski definition) is 5. The third kappa shape index (κ3) is 4.35. The van der Waals surface area contributed by atoms with E-state index >= 15 is 0 Å². The van der Waals surface area contributed by atoms with E-state index in [1.165, 1.54) is 5.56 Å². The molecule has 0 amide bonds. The first kappa shape index (κ1) is 18.3. The summed E-state index contributed by atoms with van der Waals surface area (Å²) >= 11 is 0. The van der Waals surface area contributed by atoms with Gasteiger partial charge in [0.25, 0.3) is 0 Å². The van der Waals surface area contributed by atoms with Gasteiger partial charge in [0.15, 0.2) is 0 Å². The van der Waals surface area contributed by atoms with E-state index in [-0.39, 0.29) is 0 Å². The quantitative estimate of drug-likeness (QED) is 0.816. The highest BCUT2D eigenvalue weighted by Crippen LogP contribution is 2.31. The number of aromatic nitrogens is 1. The van der Waals surface area contributed by atoms with E-state index in [0.29, 0.717) is 5.82 Å². The number of hydrogen-bond donors (Lipinski definition) is 2. The number of rotatable bonds is 6. The van der Waals surface area contributed by atoms with Crippen molar-refractivity contribution in [2.75, 3.05) is 42.3 Å². The minimum Gasteiger partial charge on any atom is -0.384 e. The van der Waals surface area contributed by atoms with Crippen molar-refractivity contribution in [1.29, 1.82) is 0 Å². The van der Waals surface area contributed by atoms with Crippen LogP contribution in [0.4, 0.5) is 17.2 Å². The highest BCUT2D eigenvalue weighted by molar-refractivity contribution is 5.75. The van der Waals surface area contributed by atoms with Crippen LogP contribution in [0.15, 0.2) is 42.6 Å². The van der Waals surface area contributed by atoms with Crippen LogP contribution in [-0.2, 0) is 4.74 Å². The zero-order chi connectivity index (χ0) is 18.4. The number of morpholine rings is 1. The van der Waals surface area contributed by atoms with Gasteiger partial charge in [0.1, 0.15) is 5.82 Å². The smallest absolute Gasteiger partial charge is 0.126 e. The summed E-state index contributed by atoms with van der Waals surface area (Å²) in [5.41, 5.74) is 11.5. The Kier molecular flexibility index (Phi) is 6.12. The molecule has 1 aromatic heterocycles. The van der Waals surface area contributed by atoms with Crippen molar-refractivity contribution in [3.63, 3.8) is 0 Å². The van der Waals surface area contributed by atoms with Crippen molar-refractivity contribution in [1.82, 2.24) is 4.98 Å². The minimum atomic E-state index is 0.546. The van der Waals surface area contributed by atoms with Gasteiger partial charge in [-0.3, -0.25) is 0 Å². The summed E-state index contributed by atoms with van der Waals surface area (Å²) in [5, 5.41) is 3.38. The topological polar surface area (TPSA) is 63.4 Å². The van der Waals surface area contributed by atoms with E-state index < -0.39 is 0 Å². The predicted molar refractivity (Wildman–Crippen MR) is 110 cm³/mol. The number of unbranched alkanes of at least 4 members (excludes halogenated alkanes) is 1. The maximum atomic E-state index is 6.11. The van der Waals surface area contributed by atoms with Gasteiger partial charge in [0.05, 0.1) is 18.9 Å².